The summed E-state index contributed by atoms with van der Waals surface area (Å²) in [5.74, 6) is 0.148. The minimum atomic E-state index is -1.15. The van der Waals surface area contributed by atoms with Gasteiger partial charge in [0.25, 0.3) is 0 Å². The van der Waals surface area contributed by atoms with Crippen molar-refractivity contribution in [2.45, 2.75) is 25.9 Å². The minimum absolute atomic E-state index is 0.0795. The summed E-state index contributed by atoms with van der Waals surface area (Å²) in [7, 11) is 1.44. The summed E-state index contributed by atoms with van der Waals surface area (Å²) in [6, 6.07) is 9.94. The minimum Gasteiger partial charge on any atom is -0.467 e. The largest absolute Gasteiger partial charge is 0.467 e. The van der Waals surface area contributed by atoms with Crippen molar-refractivity contribution in [3.05, 3.63) is 64.8 Å². The Hall–Kier alpha value is -3.22. The molecule has 0 spiro atoms. The molecule has 0 saturated carbocycles. The highest BCUT2D eigenvalue weighted by Gasteiger charge is 2.47. The molecule has 0 aliphatic carbocycles. The molecule has 6 nitrogen and oxygen atoms in total. The third-order valence-electron chi connectivity index (χ3n) is 4.55. The van der Waals surface area contributed by atoms with Gasteiger partial charge in [0.2, 0.25) is 0 Å². The number of aryl methyl sites for hydroxylation is 1. The predicted octanol–water partition coefficient (Wildman–Crippen LogP) is 3.82. The van der Waals surface area contributed by atoms with Gasteiger partial charge in [-0.1, -0.05) is 18.2 Å². The fourth-order valence-corrected chi connectivity index (χ4v) is 3.28. The number of aromatic nitrogens is 2. The van der Waals surface area contributed by atoms with Crippen LogP contribution in [0, 0.1) is 12.7 Å². The standard InChI is InChI=1S/C20H17FN2O4/c1-11-8-9-14(26-11)16-15-17(23-19(22-16)25-3)20(2,27-18(15)24)10-12-6-4-5-7-13(12)21/h4-9H,10H2,1-3H3. The van der Waals surface area contributed by atoms with Crippen LogP contribution in [0.1, 0.15) is 34.3 Å². The van der Waals surface area contributed by atoms with Crippen molar-refractivity contribution in [1.82, 2.24) is 9.97 Å². The molecule has 3 heterocycles. The topological polar surface area (TPSA) is 74.5 Å². The maximum absolute atomic E-state index is 14.2. The molecule has 0 fully saturated rings. The van der Waals surface area contributed by atoms with E-state index in [1.807, 2.05) is 0 Å². The van der Waals surface area contributed by atoms with Crippen molar-refractivity contribution in [3.8, 4) is 17.5 Å². The van der Waals surface area contributed by atoms with Crippen LogP contribution >= 0.6 is 0 Å². The van der Waals surface area contributed by atoms with Gasteiger partial charge >= 0.3 is 12.0 Å². The van der Waals surface area contributed by atoms with Gasteiger partial charge in [-0.3, -0.25) is 0 Å². The molecule has 1 atom stereocenters. The van der Waals surface area contributed by atoms with Gasteiger partial charge in [0.1, 0.15) is 28.5 Å². The second kappa shape index (κ2) is 6.19. The molecule has 3 aromatic rings. The quantitative estimate of drug-likeness (QED) is 0.652. The van der Waals surface area contributed by atoms with Gasteiger partial charge < -0.3 is 13.9 Å². The monoisotopic (exact) mass is 368 g/mol. The number of carbonyl (C=O) groups is 1. The summed E-state index contributed by atoms with van der Waals surface area (Å²) < 4.78 is 30.6. The van der Waals surface area contributed by atoms with Gasteiger partial charge in [-0.2, -0.15) is 9.97 Å². The lowest BCUT2D eigenvalue weighted by Crippen LogP contribution is -2.26. The zero-order valence-corrected chi connectivity index (χ0v) is 15.1. The van der Waals surface area contributed by atoms with Crippen LogP contribution in [-0.4, -0.2) is 23.0 Å². The summed E-state index contributed by atoms with van der Waals surface area (Å²) in [6.45, 7) is 3.50. The average Bonchev–Trinajstić information content (AvgIpc) is 3.18. The molecule has 0 saturated heterocycles. The van der Waals surface area contributed by atoms with Gasteiger partial charge in [0.15, 0.2) is 11.4 Å². The molecule has 0 bridgehead atoms. The number of hydrogen-bond acceptors (Lipinski definition) is 6. The molecule has 1 aromatic carbocycles. The van der Waals surface area contributed by atoms with Gasteiger partial charge in [0.05, 0.1) is 7.11 Å². The Kier molecular flexibility index (Phi) is 3.95. The Morgan fingerprint density at radius 1 is 1.19 bits per heavy atom. The molecule has 0 amide bonds. The van der Waals surface area contributed by atoms with Crippen molar-refractivity contribution >= 4 is 5.97 Å². The average molecular weight is 368 g/mol. The van der Waals surface area contributed by atoms with Crippen LogP contribution in [0.4, 0.5) is 4.39 Å². The normalized spacial score (nSPS) is 18.3. The summed E-state index contributed by atoms with van der Waals surface area (Å²) in [5, 5.41) is 0. The molecule has 0 N–H and O–H groups in total. The van der Waals surface area contributed by atoms with E-state index in [0.29, 0.717) is 28.5 Å². The van der Waals surface area contributed by atoms with Crippen molar-refractivity contribution < 1.29 is 23.1 Å². The fourth-order valence-electron chi connectivity index (χ4n) is 3.28. The Bertz CT molecular complexity index is 1050. The molecule has 4 rings (SSSR count). The SMILES string of the molecule is COc1nc(-c2ccc(C)o2)c2c(n1)C(C)(Cc1ccccc1F)OC2=O. The maximum atomic E-state index is 14.2. The fraction of sp³-hybridized carbons (Fsp3) is 0.250. The third-order valence-corrected chi connectivity index (χ3v) is 4.55. The van der Waals surface area contributed by atoms with E-state index in [2.05, 4.69) is 9.97 Å². The van der Waals surface area contributed by atoms with Crippen LogP contribution in [0.2, 0.25) is 0 Å². The van der Waals surface area contributed by atoms with E-state index in [4.69, 9.17) is 13.9 Å². The van der Waals surface area contributed by atoms with Gasteiger partial charge in [-0.15, -0.1) is 0 Å². The summed E-state index contributed by atoms with van der Waals surface area (Å²) in [5.41, 5.74) is 0.137. The molecular weight excluding hydrogens is 351 g/mol. The molecule has 7 heteroatoms. The second-order valence-corrected chi connectivity index (χ2v) is 6.58. The summed E-state index contributed by atoms with van der Waals surface area (Å²) in [4.78, 5) is 21.3. The van der Waals surface area contributed by atoms with E-state index in [-0.39, 0.29) is 23.8 Å². The molecule has 1 unspecified atom stereocenters. The van der Waals surface area contributed by atoms with Crippen LogP contribution < -0.4 is 4.74 Å². The number of rotatable bonds is 4. The summed E-state index contributed by atoms with van der Waals surface area (Å²) >= 11 is 0. The molecule has 0 radical (unpaired) electrons. The Morgan fingerprint density at radius 3 is 2.63 bits per heavy atom. The smallest absolute Gasteiger partial charge is 0.343 e. The number of halogens is 1. The lowest BCUT2D eigenvalue weighted by atomic mass is 9.91. The first-order chi connectivity index (χ1) is 12.9. The zero-order chi connectivity index (χ0) is 19.2. The predicted molar refractivity (Wildman–Crippen MR) is 93.9 cm³/mol. The molecule has 1 aliphatic heterocycles. The highest BCUT2D eigenvalue weighted by Crippen LogP contribution is 2.42. The Labute approximate surface area is 155 Å². The second-order valence-electron chi connectivity index (χ2n) is 6.58. The van der Waals surface area contributed by atoms with Crippen LogP contribution in [0.5, 0.6) is 6.01 Å². The van der Waals surface area contributed by atoms with E-state index >= 15 is 0 Å². The number of ether oxygens (including phenoxy) is 2. The number of methoxy groups -OCH3 is 1. The number of hydrogen-bond donors (Lipinski definition) is 0. The van der Waals surface area contributed by atoms with Crippen LogP contribution in [-0.2, 0) is 16.8 Å². The van der Waals surface area contributed by atoms with Crippen molar-refractivity contribution in [2.24, 2.45) is 0 Å². The van der Waals surface area contributed by atoms with Crippen molar-refractivity contribution in [1.29, 1.82) is 0 Å². The van der Waals surface area contributed by atoms with Gasteiger partial charge in [-0.25, -0.2) is 9.18 Å². The first-order valence-corrected chi connectivity index (χ1v) is 8.41. The van der Waals surface area contributed by atoms with Gasteiger partial charge in [-0.05, 0) is 37.6 Å². The number of esters is 1. The van der Waals surface area contributed by atoms with Crippen LogP contribution in [0.15, 0.2) is 40.8 Å². The zero-order valence-electron chi connectivity index (χ0n) is 15.1. The van der Waals surface area contributed by atoms with Crippen molar-refractivity contribution in [2.75, 3.05) is 7.11 Å². The molecular formula is C20H17FN2O4. The van der Waals surface area contributed by atoms with E-state index in [1.54, 1.807) is 44.2 Å². The van der Waals surface area contributed by atoms with E-state index in [0.717, 1.165) is 0 Å². The number of fused-ring (bicyclic) bond motifs is 1. The highest BCUT2D eigenvalue weighted by molar-refractivity contribution is 5.99. The van der Waals surface area contributed by atoms with Crippen molar-refractivity contribution in [3.63, 3.8) is 0 Å². The third kappa shape index (κ3) is 2.85. The van der Waals surface area contributed by atoms with Crippen LogP contribution in [0.3, 0.4) is 0 Å². The first-order valence-electron chi connectivity index (χ1n) is 8.41. The number of nitrogens with zero attached hydrogens (tertiary/aromatic N) is 2. The van der Waals surface area contributed by atoms with E-state index in [9.17, 15) is 9.18 Å². The highest BCUT2D eigenvalue weighted by atomic mass is 19.1. The Balaban J connectivity index is 1.88. The number of benzene rings is 1. The number of carbonyl (C=O) groups excluding carboxylic acids is 1. The lowest BCUT2D eigenvalue weighted by Gasteiger charge is -2.23. The molecule has 27 heavy (non-hydrogen) atoms. The number of cyclic esters (lactones) is 1. The maximum Gasteiger partial charge on any atom is 0.343 e. The summed E-state index contributed by atoms with van der Waals surface area (Å²) in [6.07, 6.45) is 0.134. The van der Waals surface area contributed by atoms with Gasteiger partial charge in [0, 0.05) is 6.42 Å². The van der Waals surface area contributed by atoms with Crippen LogP contribution in [0.25, 0.3) is 11.5 Å². The molecule has 2 aromatic heterocycles. The molecule has 1 aliphatic rings. The van der Waals surface area contributed by atoms with E-state index < -0.39 is 11.6 Å². The lowest BCUT2D eigenvalue weighted by molar-refractivity contribution is -0.000734. The first kappa shape index (κ1) is 17.2. The van der Waals surface area contributed by atoms with E-state index in [1.165, 1.54) is 13.2 Å². The molecule has 138 valence electrons. The number of furan rings is 1. The Morgan fingerprint density at radius 2 is 1.96 bits per heavy atom.